The molecule has 1 heterocycles. The van der Waals surface area contributed by atoms with Crippen LogP contribution in [0.2, 0.25) is 0 Å². The first kappa shape index (κ1) is 17.8. The van der Waals surface area contributed by atoms with Crippen molar-refractivity contribution in [2.75, 3.05) is 7.11 Å². The Balaban J connectivity index is 1.91. The molecule has 1 saturated carbocycles. The van der Waals surface area contributed by atoms with E-state index in [1.54, 1.807) is 12.1 Å². The summed E-state index contributed by atoms with van der Waals surface area (Å²) in [4.78, 5) is 3.70. The summed E-state index contributed by atoms with van der Waals surface area (Å²) < 4.78 is 46.7. The number of rotatable bonds is 6. The molecule has 1 fully saturated rings. The molecule has 0 bridgehead atoms. The molecule has 1 atom stereocenters. The zero-order valence-electron chi connectivity index (χ0n) is 13.6. The van der Waals surface area contributed by atoms with Crippen LogP contribution in [0.5, 0.6) is 5.88 Å². The number of methoxy groups -OCH3 is 1. The number of sulfonamides is 1. The van der Waals surface area contributed by atoms with E-state index in [4.69, 9.17) is 4.74 Å². The van der Waals surface area contributed by atoms with Crippen molar-refractivity contribution in [2.24, 2.45) is 5.92 Å². The maximum Gasteiger partial charge on any atom is 0.244 e. The maximum absolute atomic E-state index is 13.9. The summed E-state index contributed by atoms with van der Waals surface area (Å²) in [5, 5.41) is 9.58. The van der Waals surface area contributed by atoms with Gasteiger partial charge in [-0.05, 0) is 36.5 Å². The Morgan fingerprint density at radius 2 is 2.00 bits per heavy atom. The molecule has 2 aromatic rings. The van der Waals surface area contributed by atoms with Crippen LogP contribution in [0.3, 0.4) is 0 Å². The second-order valence-corrected chi connectivity index (χ2v) is 7.73. The number of pyridine rings is 1. The van der Waals surface area contributed by atoms with E-state index >= 15 is 0 Å². The van der Waals surface area contributed by atoms with Gasteiger partial charge in [0.15, 0.2) is 0 Å². The number of hydrogen-bond donors (Lipinski definition) is 2. The molecule has 8 heteroatoms. The summed E-state index contributed by atoms with van der Waals surface area (Å²) >= 11 is 0. The van der Waals surface area contributed by atoms with Crippen molar-refractivity contribution in [3.8, 4) is 5.88 Å². The number of nitrogens with one attached hydrogen (secondary N) is 1. The number of nitrogens with zero attached hydrogens (tertiary/aromatic N) is 1. The van der Waals surface area contributed by atoms with Crippen molar-refractivity contribution < 1.29 is 22.7 Å². The summed E-state index contributed by atoms with van der Waals surface area (Å²) in [5.74, 6) is -0.491. The fourth-order valence-corrected chi connectivity index (χ4v) is 4.30. The van der Waals surface area contributed by atoms with Crippen LogP contribution in [0, 0.1) is 11.7 Å². The molecule has 1 aliphatic carbocycles. The number of ether oxygens (including phenoxy) is 1. The van der Waals surface area contributed by atoms with Crippen LogP contribution in [0.25, 0.3) is 0 Å². The van der Waals surface area contributed by atoms with E-state index in [0.717, 1.165) is 6.07 Å². The van der Waals surface area contributed by atoms with E-state index in [0.29, 0.717) is 24.3 Å². The van der Waals surface area contributed by atoms with E-state index in [2.05, 4.69) is 9.71 Å². The number of aliphatic hydroxyl groups is 1. The Bertz CT molecular complexity index is 836. The first-order valence-electron chi connectivity index (χ1n) is 7.85. The Morgan fingerprint density at radius 3 is 2.56 bits per heavy atom. The lowest BCUT2D eigenvalue weighted by atomic mass is 9.76. The highest BCUT2D eigenvalue weighted by molar-refractivity contribution is 7.89. The van der Waals surface area contributed by atoms with E-state index in [1.165, 1.54) is 31.5 Å². The number of aromatic nitrogens is 1. The van der Waals surface area contributed by atoms with Crippen LogP contribution in [0.4, 0.5) is 4.39 Å². The predicted molar refractivity (Wildman–Crippen MR) is 89.0 cm³/mol. The van der Waals surface area contributed by atoms with Crippen molar-refractivity contribution >= 4 is 10.0 Å². The molecular weight excluding hydrogens is 347 g/mol. The number of aliphatic hydroxyl groups excluding tert-OH is 1. The van der Waals surface area contributed by atoms with Crippen LogP contribution in [-0.4, -0.2) is 31.7 Å². The molecule has 0 unspecified atom stereocenters. The lowest BCUT2D eigenvalue weighted by molar-refractivity contribution is 0.0279. The summed E-state index contributed by atoms with van der Waals surface area (Å²) in [6.45, 7) is 0. The minimum Gasteiger partial charge on any atom is -0.481 e. The molecule has 3 rings (SSSR count). The van der Waals surface area contributed by atoms with Crippen LogP contribution < -0.4 is 9.46 Å². The van der Waals surface area contributed by atoms with Crippen LogP contribution in [-0.2, 0) is 10.0 Å². The van der Waals surface area contributed by atoms with Crippen molar-refractivity contribution in [2.45, 2.75) is 29.9 Å². The van der Waals surface area contributed by atoms with Crippen molar-refractivity contribution in [3.63, 3.8) is 0 Å². The molecule has 1 aromatic heterocycles. The highest BCUT2D eigenvalue weighted by atomic mass is 32.2. The molecule has 1 aliphatic rings. The molecular formula is C17H19FN2O4S. The van der Waals surface area contributed by atoms with Gasteiger partial charge in [0.05, 0.1) is 19.3 Å². The van der Waals surface area contributed by atoms with E-state index in [-0.39, 0.29) is 5.92 Å². The second-order valence-electron chi connectivity index (χ2n) is 6.05. The summed E-state index contributed by atoms with van der Waals surface area (Å²) in [6.07, 6.45) is 2.02. The Labute approximate surface area is 145 Å². The topological polar surface area (TPSA) is 88.5 Å². The zero-order valence-corrected chi connectivity index (χ0v) is 14.4. The van der Waals surface area contributed by atoms with E-state index in [9.17, 15) is 17.9 Å². The average molecular weight is 366 g/mol. The van der Waals surface area contributed by atoms with Gasteiger partial charge in [-0.25, -0.2) is 22.5 Å². The number of halogens is 1. The fraction of sp³-hybridized carbons (Fsp3) is 0.353. The normalized spacial score (nSPS) is 21.4. The smallest absolute Gasteiger partial charge is 0.244 e. The van der Waals surface area contributed by atoms with Gasteiger partial charge in [-0.1, -0.05) is 18.2 Å². The van der Waals surface area contributed by atoms with Gasteiger partial charge in [-0.3, -0.25) is 0 Å². The van der Waals surface area contributed by atoms with Gasteiger partial charge in [0.1, 0.15) is 10.7 Å². The Morgan fingerprint density at radius 1 is 1.28 bits per heavy atom. The molecule has 0 amide bonds. The van der Waals surface area contributed by atoms with Crippen molar-refractivity contribution in [1.82, 2.24) is 9.71 Å². The largest absolute Gasteiger partial charge is 0.481 e. The fourth-order valence-electron chi connectivity index (χ4n) is 2.93. The van der Waals surface area contributed by atoms with Gasteiger partial charge in [-0.15, -0.1) is 0 Å². The molecule has 134 valence electrons. The average Bonchev–Trinajstić information content (AvgIpc) is 2.57. The SMILES string of the molecule is COc1ccc([C@@H](NS(=O)(=O)c2ccccc2F)C2CC(O)C2)cn1. The van der Waals surface area contributed by atoms with Gasteiger partial charge < -0.3 is 9.84 Å². The molecule has 2 N–H and O–H groups in total. The zero-order chi connectivity index (χ0) is 18.0. The Kier molecular flexibility index (Phi) is 5.03. The standard InChI is InChI=1S/C17H19FN2O4S/c1-24-16-7-6-11(10-19-16)17(12-8-13(21)9-12)20-25(22,23)15-5-3-2-4-14(15)18/h2-7,10,12-13,17,20-21H,8-9H2,1H3/t12?,13?,17-/m1/s1. The summed E-state index contributed by atoms with van der Waals surface area (Å²) in [7, 11) is -2.57. The summed E-state index contributed by atoms with van der Waals surface area (Å²) in [5.41, 5.74) is 0.637. The minimum atomic E-state index is -4.06. The highest BCUT2D eigenvalue weighted by Gasteiger charge is 2.37. The molecule has 0 aliphatic heterocycles. The first-order valence-corrected chi connectivity index (χ1v) is 9.34. The van der Waals surface area contributed by atoms with E-state index < -0.39 is 32.9 Å². The third kappa shape index (κ3) is 3.81. The Hall–Kier alpha value is -2.03. The molecule has 25 heavy (non-hydrogen) atoms. The highest BCUT2D eigenvalue weighted by Crippen LogP contribution is 2.39. The lowest BCUT2D eigenvalue weighted by Gasteiger charge is -2.38. The third-order valence-electron chi connectivity index (χ3n) is 4.36. The molecule has 0 saturated heterocycles. The number of benzene rings is 1. The second kappa shape index (κ2) is 7.07. The van der Waals surface area contributed by atoms with Gasteiger partial charge >= 0.3 is 0 Å². The van der Waals surface area contributed by atoms with Gasteiger partial charge in [-0.2, -0.15) is 0 Å². The maximum atomic E-state index is 13.9. The molecule has 0 radical (unpaired) electrons. The van der Waals surface area contributed by atoms with Crippen LogP contribution >= 0.6 is 0 Å². The van der Waals surface area contributed by atoms with E-state index in [1.807, 2.05) is 0 Å². The van der Waals surface area contributed by atoms with Gasteiger partial charge in [0.2, 0.25) is 15.9 Å². The van der Waals surface area contributed by atoms with Gasteiger partial charge in [0.25, 0.3) is 0 Å². The molecule has 1 aromatic carbocycles. The molecule has 6 nitrogen and oxygen atoms in total. The summed E-state index contributed by atoms with van der Waals surface area (Å²) in [6, 6.07) is 7.96. The lowest BCUT2D eigenvalue weighted by Crippen LogP contribution is -2.41. The minimum absolute atomic E-state index is 0.0910. The monoisotopic (exact) mass is 366 g/mol. The third-order valence-corrected chi connectivity index (χ3v) is 5.83. The van der Waals surface area contributed by atoms with Crippen LogP contribution in [0.15, 0.2) is 47.5 Å². The van der Waals surface area contributed by atoms with Gasteiger partial charge in [0, 0.05) is 12.3 Å². The first-order chi connectivity index (χ1) is 11.9. The predicted octanol–water partition coefficient (Wildman–Crippen LogP) is 2.02. The quantitative estimate of drug-likeness (QED) is 0.817. The van der Waals surface area contributed by atoms with Crippen molar-refractivity contribution in [1.29, 1.82) is 0 Å². The number of hydrogen-bond acceptors (Lipinski definition) is 5. The van der Waals surface area contributed by atoms with Crippen LogP contribution in [0.1, 0.15) is 24.4 Å². The van der Waals surface area contributed by atoms with Crippen molar-refractivity contribution in [3.05, 3.63) is 54.0 Å². The molecule has 0 spiro atoms.